The van der Waals surface area contributed by atoms with E-state index in [1.807, 2.05) is 20.8 Å². The number of aromatic amines is 1. The molecule has 27 heavy (non-hydrogen) atoms. The van der Waals surface area contributed by atoms with Gasteiger partial charge >= 0.3 is 0 Å². The summed E-state index contributed by atoms with van der Waals surface area (Å²) < 4.78 is 10.9. The minimum atomic E-state index is -0.448. The first kappa shape index (κ1) is 20.7. The number of aromatic nitrogens is 2. The van der Waals surface area contributed by atoms with Crippen LogP contribution in [0, 0.1) is 10.1 Å². The van der Waals surface area contributed by atoms with Crippen molar-refractivity contribution >= 4 is 29.0 Å². The van der Waals surface area contributed by atoms with Gasteiger partial charge in [0.05, 0.1) is 24.3 Å². The number of nitro benzene ring substituents is 1. The maximum Gasteiger partial charge on any atom is 0.269 e. The van der Waals surface area contributed by atoms with Crippen molar-refractivity contribution in [3.8, 4) is 5.75 Å². The van der Waals surface area contributed by atoms with Crippen LogP contribution < -0.4 is 4.74 Å². The second kappa shape index (κ2) is 8.85. The van der Waals surface area contributed by atoms with Crippen molar-refractivity contribution in [1.29, 1.82) is 0 Å². The zero-order chi connectivity index (χ0) is 20.0. The quantitative estimate of drug-likeness (QED) is 0.239. The van der Waals surface area contributed by atoms with E-state index in [-0.39, 0.29) is 11.1 Å². The lowest BCUT2D eigenvalue weighted by Gasteiger charge is -2.15. The average molecular weight is 395 g/mol. The van der Waals surface area contributed by atoms with Gasteiger partial charge in [-0.3, -0.25) is 15.2 Å². The summed E-state index contributed by atoms with van der Waals surface area (Å²) in [6.45, 7) is 6.52. The van der Waals surface area contributed by atoms with E-state index in [1.54, 1.807) is 19.2 Å². The third kappa shape index (κ3) is 5.68. The van der Waals surface area contributed by atoms with Crippen LogP contribution in [0.5, 0.6) is 5.75 Å². The number of rotatable bonds is 7. The smallest absolute Gasteiger partial charge is 0.269 e. The maximum absolute atomic E-state index is 10.6. The Kier molecular flexibility index (Phi) is 6.79. The summed E-state index contributed by atoms with van der Waals surface area (Å²) in [5.74, 6) is 1.47. The number of H-pyrrole nitrogens is 1. The lowest BCUT2D eigenvalue weighted by molar-refractivity contribution is -0.384. The van der Waals surface area contributed by atoms with Crippen LogP contribution in [0.15, 0.2) is 29.3 Å². The molecule has 0 radical (unpaired) electrons. The Balaban J connectivity index is 1.91. The zero-order valence-electron chi connectivity index (χ0n) is 15.8. The van der Waals surface area contributed by atoms with Crippen LogP contribution in [0.3, 0.4) is 0 Å². The molecule has 8 nitrogen and oxygen atoms in total. The lowest BCUT2D eigenvalue weighted by atomic mass is 9.92. The summed E-state index contributed by atoms with van der Waals surface area (Å²) in [7, 11) is 1.54. The second-order valence-electron chi connectivity index (χ2n) is 6.90. The van der Waals surface area contributed by atoms with Crippen LogP contribution in [0.4, 0.5) is 11.5 Å². The normalized spacial score (nSPS) is 12.1. The fraction of sp³-hybridized carbons (Fsp3) is 0.444. The Morgan fingerprint density at radius 2 is 2.00 bits per heavy atom. The molecule has 1 N–H and O–H groups in total. The van der Waals surface area contributed by atoms with E-state index in [2.05, 4.69) is 15.2 Å². The summed E-state index contributed by atoms with van der Waals surface area (Å²) in [6, 6.07) is 5.95. The Morgan fingerprint density at radius 3 is 2.52 bits per heavy atom. The number of methoxy groups -OCH3 is 1. The monoisotopic (exact) mass is 394 g/mol. The number of non-ortho nitro benzene ring substituents is 1. The Hall–Kier alpha value is -2.61. The van der Waals surface area contributed by atoms with Gasteiger partial charge in [0.2, 0.25) is 0 Å². The van der Waals surface area contributed by atoms with Crippen molar-refractivity contribution in [2.24, 2.45) is 4.99 Å². The van der Waals surface area contributed by atoms with E-state index in [0.717, 1.165) is 5.69 Å². The second-order valence-corrected chi connectivity index (χ2v) is 7.28. The molecule has 2 rings (SSSR count). The van der Waals surface area contributed by atoms with Gasteiger partial charge in [-0.2, -0.15) is 10.1 Å². The molecule has 1 aromatic heterocycles. The fourth-order valence-corrected chi connectivity index (χ4v) is 2.70. The van der Waals surface area contributed by atoms with Gasteiger partial charge in [-0.1, -0.05) is 32.4 Å². The molecule has 0 bridgehead atoms. The van der Waals surface area contributed by atoms with E-state index in [4.69, 9.17) is 21.1 Å². The number of hydrogen-bond acceptors (Lipinski definition) is 6. The molecule has 0 fully saturated rings. The Bertz CT molecular complexity index is 810. The summed E-state index contributed by atoms with van der Waals surface area (Å²) in [6.07, 6.45) is 1.19. The molecule has 0 saturated heterocycles. The largest absolute Gasteiger partial charge is 0.494 e. The highest BCUT2D eigenvalue weighted by atomic mass is 35.5. The maximum atomic E-state index is 10.6. The molecule has 0 aliphatic heterocycles. The summed E-state index contributed by atoms with van der Waals surface area (Å²) >= 11 is 6.36. The van der Waals surface area contributed by atoms with Crippen LogP contribution >= 0.6 is 11.6 Å². The first-order chi connectivity index (χ1) is 12.7. The van der Waals surface area contributed by atoms with Crippen molar-refractivity contribution < 1.29 is 14.4 Å². The van der Waals surface area contributed by atoms with Crippen LogP contribution in [0.1, 0.15) is 39.3 Å². The van der Waals surface area contributed by atoms with Gasteiger partial charge < -0.3 is 9.47 Å². The van der Waals surface area contributed by atoms with Crippen LogP contribution in [0.2, 0.25) is 5.02 Å². The SMILES string of the molecule is COC(CCCOc1ccc([N+](=O)[O-])cc1)=Nc1n[nH]c(C(C)(C)C)c1Cl. The van der Waals surface area contributed by atoms with Crippen molar-refractivity contribution in [3.05, 3.63) is 45.1 Å². The van der Waals surface area contributed by atoms with Crippen LogP contribution in [0.25, 0.3) is 0 Å². The molecular weight excluding hydrogens is 372 g/mol. The predicted molar refractivity (Wildman–Crippen MR) is 104 cm³/mol. The van der Waals surface area contributed by atoms with Gasteiger partial charge in [0.1, 0.15) is 10.8 Å². The summed E-state index contributed by atoms with van der Waals surface area (Å²) in [4.78, 5) is 14.6. The Labute approximate surface area is 162 Å². The van der Waals surface area contributed by atoms with Gasteiger partial charge in [0.25, 0.3) is 5.69 Å². The minimum absolute atomic E-state index is 0.0293. The highest BCUT2D eigenvalue weighted by molar-refractivity contribution is 6.33. The van der Waals surface area contributed by atoms with Gasteiger partial charge in [0.15, 0.2) is 11.7 Å². The molecule has 0 unspecified atom stereocenters. The zero-order valence-corrected chi connectivity index (χ0v) is 16.5. The summed E-state index contributed by atoms with van der Waals surface area (Å²) in [5.41, 5.74) is 0.686. The average Bonchev–Trinajstić information content (AvgIpc) is 2.98. The van der Waals surface area contributed by atoms with Gasteiger partial charge in [0, 0.05) is 24.0 Å². The molecular formula is C18H23ClN4O4. The molecule has 1 heterocycles. The van der Waals surface area contributed by atoms with E-state index >= 15 is 0 Å². The van der Waals surface area contributed by atoms with Crippen molar-refractivity contribution in [3.63, 3.8) is 0 Å². The van der Waals surface area contributed by atoms with Crippen molar-refractivity contribution in [2.75, 3.05) is 13.7 Å². The number of benzene rings is 1. The molecule has 0 amide bonds. The van der Waals surface area contributed by atoms with E-state index < -0.39 is 4.92 Å². The minimum Gasteiger partial charge on any atom is -0.494 e. The number of nitrogens with zero attached hydrogens (tertiary/aromatic N) is 3. The number of halogens is 1. The standard InChI is InChI=1S/C18H23ClN4O4/c1-18(2,3)16-15(19)17(22-21-16)20-14(26-4)6-5-11-27-13-9-7-12(8-10-13)23(24)25/h7-10H,5-6,11H2,1-4H3,(H,21,22). The first-order valence-corrected chi connectivity index (χ1v) is 8.83. The molecule has 0 aliphatic rings. The third-order valence-corrected chi connectivity index (χ3v) is 4.11. The van der Waals surface area contributed by atoms with Gasteiger partial charge in [-0.05, 0) is 18.6 Å². The number of nitro groups is 1. The van der Waals surface area contributed by atoms with Crippen molar-refractivity contribution in [2.45, 2.75) is 39.0 Å². The molecule has 0 saturated carbocycles. The van der Waals surface area contributed by atoms with E-state index in [9.17, 15) is 10.1 Å². The highest BCUT2D eigenvalue weighted by Gasteiger charge is 2.22. The molecule has 2 aromatic rings. The predicted octanol–water partition coefficient (Wildman–Crippen LogP) is 4.80. The molecule has 146 valence electrons. The van der Waals surface area contributed by atoms with Crippen LogP contribution in [-0.2, 0) is 10.2 Å². The Morgan fingerprint density at radius 1 is 1.33 bits per heavy atom. The van der Waals surface area contributed by atoms with Crippen LogP contribution in [-0.4, -0.2) is 34.7 Å². The molecule has 0 spiro atoms. The molecule has 0 atom stereocenters. The van der Waals surface area contributed by atoms with E-state index in [1.165, 1.54) is 12.1 Å². The van der Waals surface area contributed by atoms with E-state index in [0.29, 0.717) is 41.9 Å². The van der Waals surface area contributed by atoms with Gasteiger partial charge in [-0.25, -0.2) is 0 Å². The number of ether oxygens (including phenoxy) is 2. The van der Waals surface area contributed by atoms with Crippen molar-refractivity contribution in [1.82, 2.24) is 10.2 Å². The fourth-order valence-electron chi connectivity index (χ4n) is 2.29. The molecule has 0 aliphatic carbocycles. The molecule has 1 aromatic carbocycles. The topological polar surface area (TPSA) is 103 Å². The lowest BCUT2D eigenvalue weighted by Crippen LogP contribution is -2.12. The number of hydrogen-bond donors (Lipinski definition) is 1. The molecule has 9 heteroatoms. The number of nitrogens with one attached hydrogen (secondary N) is 1. The first-order valence-electron chi connectivity index (χ1n) is 8.45. The number of aliphatic imine (C=N–C) groups is 1. The highest BCUT2D eigenvalue weighted by Crippen LogP contribution is 2.33. The van der Waals surface area contributed by atoms with Gasteiger partial charge in [-0.15, -0.1) is 0 Å². The summed E-state index contributed by atoms with van der Waals surface area (Å²) in [5, 5.41) is 18.2. The third-order valence-electron chi connectivity index (χ3n) is 3.76.